The number of nitrogens with zero attached hydrogens (tertiary/aromatic N) is 2. The van der Waals surface area contributed by atoms with Gasteiger partial charge in [-0.05, 0) is 75.3 Å². The zero-order valence-electron chi connectivity index (χ0n) is 29.7. The molecule has 0 unspecified atom stereocenters. The number of carbonyl (C=O) groups excluding carboxylic acids is 4. The number of ether oxygens (including phenoxy) is 2. The highest BCUT2D eigenvalue weighted by atomic mass is 32.2. The molecule has 2 heterocycles. The van der Waals surface area contributed by atoms with Gasteiger partial charge in [-0.2, -0.15) is 0 Å². The first kappa shape index (κ1) is 38.4. The number of carbonyl (C=O) groups is 4. The van der Waals surface area contributed by atoms with Crippen molar-refractivity contribution in [3.05, 3.63) is 34.2 Å². The van der Waals surface area contributed by atoms with Gasteiger partial charge < -0.3 is 30.0 Å². The van der Waals surface area contributed by atoms with E-state index in [0.29, 0.717) is 61.0 Å². The van der Waals surface area contributed by atoms with Gasteiger partial charge in [-0.1, -0.05) is 26.2 Å². The highest BCUT2D eigenvalue weighted by Crippen LogP contribution is 2.48. The van der Waals surface area contributed by atoms with Gasteiger partial charge in [-0.15, -0.1) is 0 Å². The Morgan fingerprint density at radius 3 is 2.57 bits per heavy atom. The maximum Gasteiger partial charge on any atom is 0.407 e. The number of halogens is 2. The molecular weight excluding hydrogens is 718 g/mol. The van der Waals surface area contributed by atoms with Crippen LogP contribution in [0.25, 0.3) is 11.0 Å². The maximum atomic E-state index is 13.8. The molecule has 1 aliphatic heterocycles. The van der Waals surface area contributed by atoms with E-state index in [-0.39, 0.29) is 30.0 Å². The Morgan fingerprint density at radius 2 is 1.89 bits per heavy atom. The number of alkyl halides is 2. The molecule has 1 aromatic carbocycles. The SMILES string of the molecule is CC[C@@H]1CCN(C(=O)CNC(=O)O[C@@H]2C[C@H]2CCCCCc2nc3ccc(OC)cc3[nH]c2=O)[C@@H]1C(=O)N[C@]1(C(=O)NS(=O)(=O)C2CC2)C[C@H]1C(F)F. The van der Waals surface area contributed by atoms with E-state index in [0.717, 1.165) is 25.7 Å². The Labute approximate surface area is 305 Å². The quantitative estimate of drug-likeness (QED) is 0.173. The second kappa shape index (κ2) is 15.6. The van der Waals surface area contributed by atoms with E-state index in [1.165, 1.54) is 4.90 Å². The van der Waals surface area contributed by atoms with E-state index >= 15 is 0 Å². The Hall–Kier alpha value is -4.35. The van der Waals surface area contributed by atoms with E-state index in [1.807, 2.05) is 11.6 Å². The highest BCUT2D eigenvalue weighted by Gasteiger charge is 2.66. The van der Waals surface area contributed by atoms with Gasteiger partial charge in [0.15, 0.2) is 0 Å². The molecule has 4 amide bonds. The molecule has 3 saturated carbocycles. The second-order valence-corrected chi connectivity index (χ2v) is 16.5. The fraction of sp³-hybridized carbons (Fsp3) is 0.657. The van der Waals surface area contributed by atoms with Gasteiger partial charge in [-0.3, -0.25) is 23.9 Å². The Kier molecular flexibility index (Phi) is 11.3. The van der Waals surface area contributed by atoms with Crippen molar-refractivity contribution in [3.8, 4) is 5.75 Å². The summed E-state index contributed by atoms with van der Waals surface area (Å²) in [5.41, 5.74) is -0.551. The number of benzene rings is 1. The third-order valence-electron chi connectivity index (χ3n) is 10.9. The maximum absolute atomic E-state index is 13.8. The first-order valence-corrected chi connectivity index (χ1v) is 19.8. The fourth-order valence-corrected chi connectivity index (χ4v) is 8.68. The van der Waals surface area contributed by atoms with Gasteiger partial charge in [0.2, 0.25) is 28.3 Å². The minimum atomic E-state index is -4.05. The molecular formula is C35H46F2N6O9S. The summed E-state index contributed by atoms with van der Waals surface area (Å²) in [6, 6.07) is 4.22. The number of amides is 4. The Bertz CT molecular complexity index is 1910. The van der Waals surface area contributed by atoms with E-state index in [1.54, 1.807) is 25.3 Å². The van der Waals surface area contributed by atoms with Crippen LogP contribution < -0.4 is 25.7 Å². The summed E-state index contributed by atoms with van der Waals surface area (Å²) in [5.74, 6) is -3.70. The van der Waals surface area contributed by atoms with Crippen molar-refractivity contribution < 1.29 is 45.9 Å². The van der Waals surface area contributed by atoms with Crippen molar-refractivity contribution >= 4 is 44.9 Å². The summed E-state index contributed by atoms with van der Waals surface area (Å²) < 4.78 is 64.8. The number of rotatable bonds is 17. The van der Waals surface area contributed by atoms with Crippen molar-refractivity contribution in [2.75, 3.05) is 20.2 Å². The zero-order chi connectivity index (χ0) is 38.1. The minimum absolute atomic E-state index is 0.172. The van der Waals surface area contributed by atoms with Crippen LogP contribution in [0.3, 0.4) is 0 Å². The van der Waals surface area contributed by atoms with E-state index in [9.17, 15) is 41.2 Å². The number of methoxy groups -OCH3 is 1. The van der Waals surface area contributed by atoms with Crippen LogP contribution in [0.5, 0.6) is 5.75 Å². The fourth-order valence-electron chi connectivity index (χ4n) is 7.32. The van der Waals surface area contributed by atoms with Gasteiger partial charge in [0, 0.05) is 12.6 Å². The summed E-state index contributed by atoms with van der Waals surface area (Å²) in [6.45, 7) is 1.52. The van der Waals surface area contributed by atoms with Crippen LogP contribution in [0.2, 0.25) is 0 Å². The summed E-state index contributed by atoms with van der Waals surface area (Å²) in [5, 5.41) is 4.07. The number of unbranched alkanes of at least 4 members (excludes halogenated alkanes) is 2. The number of nitrogens with one attached hydrogen (secondary N) is 4. The number of sulfonamides is 1. The number of likely N-dealkylation sites (tertiary alicyclic amines) is 1. The van der Waals surface area contributed by atoms with Crippen LogP contribution in [0.15, 0.2) is 23.0 Å². The predicted molar refractivity (Wildman–Crippen MR) is 186 cm³/mol. The van der Waals surface area contributed by atoms with Crippen LogP contribution in [0.4, 0.5) is 13.6 Å². The van der Waals surface area contributed by atoms with Crippen LogP contribution >= 0.6 is 0 Å². The average molecular weight is 765 g/mol. The number of hydrogen-bond acceptors (Lipinski definition) is 10. The first-order valence-electron chi connectivity index (χ1n) is 18.2. The average Bonchev–Trinajstić information content (AvgIpc) is 4.05. The topological polar surface area (TPSA) is 206 Å². The summed E-state index contributed by atoms with van der Waals surface area (Å²) >= 11 is 0. The molecule has 4 aliphatic rings. The standard InChI is InChI=1S/C35H46F2N6O9S/c1-3-19-13-14-43(29(19)32(46)41-35(17-23(35)30(36)37)33(47)42-53(49,50)22-10-11-22)28(44)18-38-34(48)52-27-15-20(27)7-5-4-6-8-25-31(45)40-26-16-21(51-2)9-12-24(26)39-25/h9,12,16,19-20,22-23,27,29-30H,3-8,10-11,13-15,17-18H2,1-2H3,(H,38,48)(H,40,45)(H,41,46)(H,42,47)/t19-,20-,23+,27-,29+,35-/m1/s1. The molecule has 1 aromatic heterocycles. The van der Waals surface area contributed by atoms with Crippen molar-refractivity contribution in [1.82, 2.24) is 30.2 Å². The van der Waals surface area contributed by atoms with Gasteiger partial charge in [0.1, 0.15) is 35.7 Å². The zero-order valence-corrected chi connectivity index (χ0v) is 30.5. The minimum Gasteiger partial charge on any atom is -0.497 e. The number of fused-ring (bicyclic) bond motifs is 1. The molecule has 2 aromatic rings. The van der Waals surface area contributed by atoms with Gasteiger partial charge >= 0.3 is 6.09 Å². The number of aromatic amines is 1. The molecule has 4 N–H and O–H groups in total. The third kappa shape index (κ3) is 8.73. The van der Waals surface area contributed by atoms with Gasteiger partial charge in [0.25, 0.3) is 11.5 Å². The molecule has 0 bridgehead atoms. The van der Waals surface area contributed by atoms with E-state index < -0.39 is 76.0 Å². The largest absolute Gasteiger partial charge is 0.497 e. The molecule has 18 heteroatoms. The van der Waals surface area contributed by atoms with E-state index in [4.69, 9.17) is 9.47 Å². The van der Waals surface area contributed by atoms with Crippen LogP contribution in [-0.4, -0.2) is 96.7 Å². The lowest BCUT2D eigenvalue weighted by atomic mass is 9.96. The van der Waals surface area contributed by atoms with Gasteiger partial charge in [0.05, 0.1) is 29.3 Å². The van der Waals surface area contributed by atoms with Gasteiger partial charge in [-0.25, -0.2) is 27.0 Å². The molecule has 0 radical (unpaired) electrons. The lowest BCUT2D eigenvalue weighted by molar-refractivity contribution is -0.140. The molecule has 3 aliphatic carbocycles. The number of H-pyrrole nitrogens is 1. The number of aryl methyl sites for hydroxylation is 1. The number of alkyl carbamates (subject to hydrolysis) is 1. The molecule has 6 rings (SSSR count). The van der Waals surface area contributed by atoms with Crippen molar-refractivity contribution in [2.45, 2.75) is 107 Å². The smallest absolute Gasteiger partial charge is 0.407 e. The lowest BCUT2D eigenvalue weighted by Crippen LogP contribution is -2.58. The van der Waals surface area contributed by atoms with Crippen LogP contribution in [0.1, 0.15) is 76.8 Å². The molecule has 4 fully saturated rings. The van der Waals surface area contributed by atoms with Crippen LogP contribution in [-0.2, 0) is 35.6 Å². The van der Waals surface area contributed by atoms with Crippen molar-refractivity contribution in [3.63, 3.8) is 0 Å². The third-order valence-corrected chi connectivity index (χ3v) is 12.7. The second-order valence-electron chi connectivity index (χ2n) is 14.6. The first-order chi connectivity index (χ1) is 25.3. The molecule has 290 valence electrons. The Morgan fingerprint density at radius 1 is 1.11 bits per heavy atom. The van der Waals surface area contributed by atoms with Crippen molar-refractivity contribution in [2.24, 2.45) is 17.8 Å². The summed E-state index contributed by atoms with van der Waals surface area (Å²) in [4.78, 5) is 73.4. The number of hydrogen-bond donors (Lipinski definition) is 4. The molecule has 0 spiro atoms. The van der Waals surface area contributed by atoms with Crippen molar-refractivity contribution in [1.29, 1.82) is 0 Å². The summed E-state index contributed by atoms with van der Waals surface area (Å²) in [7, 11) is -2.50. The van der Waals surface area contributed by atoms with E-state index in [2.05, 4.69) is 20.6 Å². The number of aromatic nitrogens is 2. The van der Waals surface area contributed by atoms with Crippen LogP contribution in [0, 0.1) is 17.8 Å². The monoisotopic (exact) mass is 764 g/mol. The highest BCUT2D eigenvalue weighted by molar-refractivity contribution is 7.91. The normalized spacial score (nSPS) is 26.3. The summed E-state index contributed by atoms with van der Waals surface area (Å²) in [6.07, 6.45) is 1.73. The molecule has 53 heavy (non-hydrogen) atoms. The molecule has 1 saturated heterocycles. The lowest BCUT2D eigenvalue weighted by Gasteiger charge is -2.29. The molecule has 6 atom stereocenters. The Balaban J connectivity index is 0.928. The molecule has 15 nitrogen and oxygen atoms in total. The predicted octanol–water partition coefficient (Wildman–Crippen LogP) is 2.52.